The number of ether oxygens (including phenoxy) is 3. The first-order valence-corrected chi connectivity index (χ1v) is 4.93. The van der Waals surface area contributed by atoms with Crippen molar-refractivity contribution in [2.75, 3.05) is 33.0 Å². The Bertz CT molecular complexity index is 184. The van der Waals surface area contributed by atoms with Gasteiger partial charge in [0.2, 0.25) is 0 Å². The zero-order valence-electron chi connectivity index (χ0n) is 9.11. The molecule has 0 saturated carbocycles. The van der Waals surface area contributed by atoms with E-state index in [0.717, 1.165) is 0 Å². The molecule has 0 saturated heterocycles. The second-order valence-corrected chi connectivity index (χ2v) is 2.71. The summed E-state index contributed by atoms with van der Waals surface area (Å²) in [5, 5.41) is 0. The summed E-state index contributed by atoms with van der Waals surface area (Å²) in [7, 11) is 0. The molecule has 88 valence electrons. The lowest BCUT2D eigenvalue weighted by atomic mass is 10.3. The molecule has 0 aliphatic heterocycles. The third-order valence-electron chi connectivity index (χ3n) is 1.55. The Kier molecular flexibility index (Phi) is 9.05. The van der Waals surface area contributed by atoms with Gasteiger partial charge in [0.1, 0.15) is 0 Å². The molecule has 1 unspecified atom stereocenters. The van der Waals surface area contributed by atoms with Crippen LogP contribution in [0.1, 0.15) is 6.92 Å². The highest BCUT2D eigenvalue weighted by molar-refractivity contribution is 5.74. The Morgan fingerprint density at radius 1 is 1.53 bits per heavy atom. The first kappa shape index (κ1) is 14.1. The Morgan fingerprint density at radius 2 is 2.27 bits per heavy atom. The molecule has 15 heavy (non-hydrogen) atoms. The summed E-state index contributed by atoms with van der Waals surface area (Å²) >= 11 is 0. The summed E-state index contributed by atoms with van der Waals surface area (Å²) in [5.74, 6) is -0.427. The van der Waals surface area contributed by atoms with E-state index in [9.17, 15) is 4.79 Å². The average molecular weight is 217 g/mol. The van der Waals surface area contributed by atoms with Crippen molar-refractivity contribution in [2.45, 2.75) is 13.0 Å². The van der Waals surface area contributed by atoms with E-state index in [4.69, 9.17) is 19.9 Å². The minimum atomic E-state index is -0.697. The van der Waals surface area contributed by atoms with E-state index >= 15 is 0 Å². The van der Waals surface area contributed by atoms with Gasteiger partial charge in [-0.25, -0.2) is 4.79 Å². The molecular formula is C10H19NO4. The minimum Gasteiger partial charge on any atom is -0.464 e. The third-order valence-corrected chi connectivity index (χ3v) is 1.55. The number of carbonyl (C=O) groups is 1. The van der Waals surface area contributed by atoms with Crippen molar-refractivity contribution >= 4 is 5.97 Å². The van der Waals surface area contributed by atoms with Crippen LogP contribution in [0.25, 0.3) is 0 Å². The third kappa shape index (κ3) is 7.07. The van der Waals surface area contributed by atoms with Crippen molar-refractivity contribution in [3.8, 4) is 0 Å². The first-order valence-electron chi connectivity index (χ1n) is 4.93. The fourth-order valence-electron chi connectivity index (χ4n) is 0.883. The Balaban J connectivity index is 3.60. The molecule has 0 aromatic rings. The minimum absolute atomic E-state index is 0.111. The van der Waals surface area contributed by atoms with Crippen molar-refractivity contribution in [3.63, 3.8) is 0 Å². The van der Waals surface area contributed by atoms with Crippen LogP contribution in [0, 0.1) is 0 Å². The second-order valence-electron chi connectivity index (χ2n) is 2.71. The van der Waals surface area contributed by atoms with Crippen molar-refractivity contribution < 1.29 is 19.0 Å². The lowest BCUT2D eigenvalue weighted by molar-refractivity contribution is -0.156. The van der Waals surface area contributed by atoms with Crippen LogP contribution < -0.4 is 5.73 Å². The van der Waals surface area contributed by atoms with Crippen LogP contribution in [0.15, 0.2) is 12.7 Å². The van der Waals surface area contributed by atoms with Crippen LogP contribution in [0.4, 0.5) is 0 Å². The van der Waals surface area contributed by atoms with Gasteiger partial charge in [-0.3, -0.25) is 0 Å². The first-order chi connectivity index (χ1) is 7.26. The SMILES string of the molecule is C=CCOCCOC(CN)C(=O)OCC. The van der Waals surface area contributed by atoms with Gasteiger partial charge < -0.3 is 19.9 Å². The van der Waals surface area contributed by atoms with Crippen molar-refractivity contribution in [3.05, 3.63) is 12.7 Å². The summed E-state index contributed by atoms with van der Waals surface area (Å²) in [6, 6.07) is 0. The van der Waals surface area contributed by atoms with E-state index in [1.807, 2.05) is 0 Å². The predicted octanol–water partition coefficient (Wildman–Crippen LogP) is 0.0960. The summed E-state index contributed by atoms with van der Waals surface area (Å²) < 4.78 is 15.0. The molecule has 0 fully saturated rings. The van der Waals surface area contributed by atoms with Gasteiger partial charge in [-0.1, -0.05) is 6.08 Å². The molecule has 0 radical (unpaired) electrons. The average Bonchev–Trinajstić information content (AvgIpc) is 2.23. The fraction of sp³-hybridized carbons (Fsp3) is 0.700. The summed E-state index contributed by atoms with van der Waals surface area (Å²) in [5.41, 5.74) is 5.36. The van der Waals surface area contributed by atoms with Crippen molar-refractivity contribution in [2.24, 2.45) is 5.73 Å². The van der Waals surface area contributed by atoms with Crippen LogP contribution in [-0.2, 0) is 19.0 Å². The lowest BCUT2D eigenvalue weighted by Gasteiger charge is -2.14. The number of nitrogens with two attached hydrogens (primary N) is 1. The second kappa shape index (κ2) is 9.64. The van der Waals surface area contributed by atoms with E-state index < -0.39 is 12.1 Å². The van der Waals surface area contributed by atoms with Crippen LogP contribution in [0.2, 0.25) is 0 Å². The zero-order chi connectivity index (χ0) is 11.5. The van der Waals surface area contributed by atoms with E-state index in [1.54, 1.807) is 13.0 Å². The van der Waals surface area contributed by atoms with Crippen LogP contribution in [-0.4, -0.2) is 45.0 Å². The maximum absolute atomic E-state index is 11.2. The highest BCUT2D eigenvalue weighted by Gasteiger charge is 2.17. The standard InChI is InChI=1S/C10H19NO4/c1-3-5-13-6-7-15-9(8-11)10(12)14-4-2/h3,9H,1,4-8,11H2,2H3. The molecule has 0 aromatic carbocycles. The molecule has 0 aliphatic carbocycles. The van der Waals surface area contributed by atoms with Crippen LogP contribution in [0.3, 0.4) is 0 Å². The van der Waals surface area contributed by atoms with Gasteiger partial charge in [0.15, 0.2) is 6.10 Å². The lowest BCUT2D eigenvalue weighted by Crippen LogP contribution is -2.34. The van der Waals surface area contributed by atoms with Crippen molar-refractivity contribution in [1.82, 2.24) is 0 Å². The largest absolute Gasteiger partial charge is 0.464 e. The van der Waals surface area contributed by atoms with Gasteiger partial charge in [0.05, 0.1) is 26.4 Å². The van der Waals surface area contributed by atoms with Gasteiger partial charge >= 0.3 is 5.97 Å². The predicted molar refractivity (Wildman–Crippen MR) is 56.4 cm³/mol. The fourth-order valence-corrected chi connectivity index (χ4v) is 0.883. The van der Waals surface area contributed by atoms with Gasteiger partial charge in [0.25, 0.3) is 0 Å². The molecule has 2 N–H and O–H groups in total. The zero-order valence-corrected chi connectivity index (χ0v) is 9.11. The molecule has 0 bridgehead atoms. The number of esters is 1. The van der Waals surface area contributed by atoms with Crippen LogP contribution in [0.5, 0.6) is 0 Å². The normalized spacial score (nSPS) is 12.1. The van der Waals surface area contributed by atoms with Crippen molar-refractivity contribution in [1.29, 1.82) is 0 Å². The molecule has 0 amide bonds. The monoisotopic (exact) mass is 217 g/mol. The number of rotatable bonds is 9. The number of hydrogen-bond acceptors (Lipinski definition) is 5. The number of hydrogen-bond donors (Lipinski definition) is 1. The highest BCUT2D eigenvalue weighted by atomic mass is 16.6. The maximum atomic E-state index is 11.2. The van der Waals surface area contributed by atoms with Gasteiger partial charge in [0, 0.05) is 6.54 Å². The number of carbonyl (C=O) groups excluding carboxylic acids is 1. The van der Waals surface area contributed by atoms with E-state index in [0.29, 0.717) is 26.4 Å². The molecule has 5 nitrogen and oxygen atoms in total. The van der Waals surface area contributed by atoms with E-state index in [-0.39, 0.29) is 6.54 Å². The smallest absolute Gasteiger partial charge is 0.336 e. The Hall–Kier alpha value is -0.910. The quantitative estimate of drug-likeness (QED) is 0.337. The molecule has 0 aromatic heterocycles. The maximum Gasteiger partial charge on any atom is 0.336 e. The molecular weight excluding hydrogens is 198 g/mol. The summed E-state index contributed by atoms with van der Waals surface area (Å²) in [4.78, 5) is 11.2. The topological polar surface area (TPSA) is 70.8 Å². The molecule has 5 heteroatoms. The summed E-state index contributed by atoms with van der Waals surface area (Å²) in [6.07, 6.45) is 0.948. The Morgan fingerprint density at radius 3 is 2.80 bits per heavy atom. The highest BCUT2D eigenvalue weighted by Crippen LogP contribution is 1.94. The van der Waals surface area contributed by atoms with Gasteiger partial charge in [-0.15, -0.1) is 6.58 Å². The molecule has 0 heterocycles. The molecule has 0 spiro atoms. The van der Waals surface area contributed by atoms with E-state index in [2.05, 4.69) is 6.58 Å². The molecule has 1 atom stereocenters. The van der Waals surface area contributed by atoms with Gasteiger partial charge in [-0.2, -0.15) is 0 Å². The molecule has 0 aliphatic rings. The summed E-state index contributed by atoms with van der Waals surface area (Å²) in [6.45, 7) is 6.86. The van der Waals surface area contributed by atoms with Crippen LogP contribution >= 0.6 is 0 Å². The van der Waals surface area contributed by atoms with E-state index in [1.165, 1.54) is 0 Å². The molecule has 0 rings (SSSR count). The Labute approximate surface area is 90.2 Å². The van der Waals surface area contributed by atoms with Gasteiger partial charge in [-0.05, 0) is 6.92 Å².